The lowest BCUT2D eigenvalue weighted by molar-refractivity contribution is -0.384. The van der Waals surface area contributed by atoms with Crippen molar-refractivity contribution in [2.75, 3.05) is 0 Å². The average molecular weight is 434 g/mol. The average Bonchev–Trinajstić information content (AvgIpc) is 3.12. The van der Waals surface area contributed by atoms with E-state index in [-0.39, 0.29) is 5.69 Å². The van der Waals surface area contributed by atoms with Crippen LogP contribution < -0.4 is 0 Å². The fourth-order valence-corrected chi connectivity index (χ4v) is 5.54. The Balaban J connectivity index is 1.71. The van der Waals surface area contributed by atoms with Gasteiger partial charge in [0.15, 0.2) is 0 Å². The quantitative estimate of drug-likeness (QED) is 0.257. The zero-order valence-corrected chi connectivity index (χ0v) is 18.1. The lowest BCUT2D eigenvalue weighted by Crippen LogP contribution is -1.99. The fraction of sp³-hybridized carbons (Fsp3) is 0.217. The van der Waals surface area contributed by atoms with Gasteiger partial charge in [0.25, 0.3) is 5.69 Å². The third-order valence-corrected chi connectivity index (χ3v) is 7.34. The lowest BCUT2D eigenvalue weighted by atomic mass is 9.96. The van der Waals surface area contributed by atoms with Gasteiger partial charge in [0.2, 0.25) is 0 Å². The first kappa shape index (κ1) is 20.3. The summed E-state index contributed by atoms with van der Waals surface area (Å²) in [6.45, 7) is 2.03. The molecule has 1 aromatic heterocycles. The van der Waals surface area contributed by atoms with Gasteiger partial charge in [-0.25, -0.2) is 4.99 Å². The summed E-state index contributed by atoms with van der Waals surface area (Å²) >= 11 is 3.11. The van der Waals surface area contributed by atoms with Gasteiger partial charge in [0, 0.05) is 38.6 Å². The molecule has 0 fully saturated rings. The standard InChI is InChI=1S/C23H19N3O2S2/c1-15-6-9-18(10-7-15)29-21-11-8-17(26(27)28)12-16(21)14-25-23-20(13-24)19-4-2-3-5-22(19)30-23/h6-12,14H,2-5H2,1H3. The first-order chi connectivity index (χ1) is 14.5. The van der Waals surface area contributed by atoms with Crippen LogP contribution in [0.4, 0.5) is 10.7 Å². The molecule has 0 radical (unpaired) electrons. The Labute approximate surface area is 183 Å². The van der Waals surface area contributed by atoms with E-state index in [1.807, 2.05) is 31.2 Å². The van der Waals surface area contributed by atoms with Gasteiger partial charge >= 0.3 is 0 Å². The number of thiophene rings is 1. The van der Waals surface area contributed by atoms with Gasteiger partial charge < -0.3 is 0 Å². The number of rotatable bonds is 5. The van der Waals surface area contributed by atoms with Crippen molar-refractivity contribution in [2.24, 2.45) is 4.99 Å². The summed E-state index contributed by atoms with van der Waals surface area (Å²) in [6, 6.07) is 15.3. The van der Waals surface area contributed by atoms with Crippen LogP contribution in [0.15, 0.2) is 57.2 Å². The number of non-ortho nitro benzene ring substituents is 1. The Kier molecular flexibility index (Phi) is 5.98. The summed E-state index contributed by atoms with van der Waals surface area (Å²) in [7, 11) is 0. The van der Waals surface area contributed by atoms with E-state index in [0.29, 0.717) is 16.1 Å². The Morgan fingerprint density at radius 2 is 1.97 bits per heavy atom. The molecule has 1 aliphatic carbocycles. The van der Waals surface area contributed by atoms with Crippen LogP contribution in [0.2, 0.25) is 0 Å². The normalized spacial score (nSPS) is 13.2. The highest BCUT2D eigenvalue weighted by Gasteiger charge is 2.20. The van der Waals surface area contributed by atoms with Gasteiger partial charge in [-0.3, -0.25) is 10.1 Å². The van der Waals surface area contributed by atoms with E-state index >= 15 is 0 Å². The molecule has 4 rings (SSSR count). The zero-order chi connectivity index (χ0) is 21.1. The van der Waals surface area contributed by atoms with E-state index in [1.165, 1.54) is 16.5 Å². The lowest BCUT2D eigenvalue weighted by Gasteiger charge is -2.09. The van der Waals surface area contributed by atoms with E-state index in [1.54, 1.807) is 41.4 Å². The topological polar surface area (TPSA) is 79.3 Å². The van der Waals surface area contributed by atoms with Crippen LogP contribution in [0, 0.1) is 28.4 Å². The minimum Gasteiger partial charge on any atom is -0.258 e. The van der Waals surface area contributed by atoms with Gasteiger partial charge in [0.1, 0.15) is 11.1 Å². The predicted octanol–water partition coefficient (Wildman–Crippen LogP) is 6.62. The van der Waals surface area contributed by atoms with E-state index in [2.05, 4.69) is 11.1 Å². The maximum absolute atomic E-state index is 11.3. The Morgan fingerprint density at radius 3 is 2.70 bits per heavy atom. The summed E-state index contributed by atoms with van der Waals surface area (Å²) in [6.07, 6.45) is 5.82. The van der Waals surface area contributed by atoms with E-state index in [9.17, 15) is 15.4 Å². The predicted molar refractivity (Wildman–Crippen MR) is 121 cm³/mol. The summed E-state index contributed by atoms with van der Waals surface area (Å²) in [5.41, 5.74) is 3.66. The summed E-state index contributed by atoms with van der Waals surface area (Å²) in [5.74, 6) is 0. The molecule has 2 aromatic carbocycles. The summed E-state index contributed by atoms with van der Waals surface area (Å²) < 4.78 is 0. The highest BCUT2D eigenvalue weighted by atomic mass is 32.2. The first-order valence-corrected chi connectivity index (χ1v) is 11.3. The molecule has 0 saturated heterocycles. The van der Waals surface area contributed by atoms with Crippen LogP contribution in [0.5, 0.6) is 0 Å². The van der Waals surface area contributed by atoms with Gasteiger partial charge in [-0.05, 0) is 56.4 Å². The second-order valence-corrected chi connectivity index (χ2v) is 9.35. The molecular formula is C23H19N3O2S2. The Morgan fingerprint density at radius 1 is 1.20 bits per heavy atom. The molecule has 1 heterocycles. The highest BCUT2D eigenvalue weighted by Crippen LogP contribution is 2.39. The molecule has 0 atom stereocenters. The molecule has 0 N–H and O–H groups in total. The molecular weight excluding hydrogens is 414 g/mol. The van der Waals surface area contributed by atoms with Crippen LogP contribution in [-0.4, -0.2) is 11.1 Å². The molecule has 0 amide bonds. The van der Waals surface area contributed by atoms with Gasteiger partial charge in [-0.15, -0.1) is 11.3 Å². The van der Waals surface area contributed by atoms with Crippen molar-refractivity contribution >= 4 is 40.0 Å². The van der Waals surface area contributed by atoms with Crippen molar-refractivity contribution < 1.29 is 4.92 Å². The maximum Gasteiger partial charge on any atom is 0.270 e. The second kappa shape index (κ2) is 8.82. The number of aryl methyl sites for hydroxylation is 2. The number of nitro benzene ring substituents is 1. The molecule has 0 spiro atoms. The minimum atomic E-state index is -0.401. The number of fused-ring (bicyclic) bond motifs is 1. The fourth-order valence-electron chi connectivity index (χ4n) is 3.46. The highest BCUT2D eigenvalue weighted by molar-refractivity contribution is 7.99. The van der Waals surface area contributed by atoms with Gasteiger partial charge in [-0.1, -0.05) is 29.5 Å². The summed E-state index contributed by atoms with van der Waals surface area (Å²) in [4.78, 5) is 18.7. The van der Waals surface area contributed by atoms with Crippen molar-refractivity contribution in [2.45, 2.75) is 42.4 Å². The Hall–Kier alpha value is -2.95. The molecule has 0 bridgehead atoms. The largest absolute Gasteiger partial charge is 0.270 e. The van der Waals surface area contributed by atoms with E-state index in [4.69, 9.17) is 0 Å². The van der Waals surface area contributed by atoms with Crippen molar-refractivity contribution in [3.05, 3.63) is 79.7 Å². The van der Waals surface area contributed by atoms with Crippen LogP contribution >= 0.6 is 23.1 Å². The molecule has 30 heavy (non-hydrogen) atoms. The van der Waals surface area contributed by atoms with Crippen LogP contribution in [0.25, 0.3) is 0 Å². The number of nitrogens with zero attached hydrogens (tertiary/aromatic N) is 3. The molecule has 150 valence electrons. The molecule has 0 saturated carbocycles. The van der Waals surface area contributed by atoms with Gasteiger partial charge in [-0.2, -0.15) is 5.26 Å². The number of hydrogen-bond acceptors (Lipinski definition) is 6. The molecule has 0 aliphatic heterocycles. The number of hydrogen-bond donors (Lipinski definition) is 0. The number of nitriles is 1. The third kappa shape index (κ3) is 4.30. The van der Waals surface area contributed by atoms with Crippen molar-refractivity contribution in [3.63, 3.8) is 0 Å². The van der Waals surface area contributed by atoms with Crippen molar-refractivity contribution in [1.82, 2.24) is 0 Å². The monoisotopic (exact) mass is 433 g/mol. The van der Waals surface area contributed by atoms with Crippen LogP contribution in [0.1, 0.15) is 40.0 Å². The van der Waals surface area contributed by atoms with Crippen LogP contribution in [0.3, 0.4) is 0 Å². The van der Waals surface area contributed by atoms with Crippen LogP contribution in [-0.2, 0) is 12.8 Å². The number of nitro groups is 1. The first-order valence-electron chi connectivity index (χ1n) is 9.67. The zero-order valence-electron chi connectivity index (χ0n) is 16.4. The second-order valence-electron chi connectivity index (χ2n) is 7.16. The minimum absolute atomic E-state index is 0.0238. The third-order valence-electron chi connectivity index (χ3n) is 5.04. The number of aliphatic imine (C=N–C) groups is 1. The Bertz CT molecular complexity index is 1170. The SMILES string of the molecule is Cc1ccc(Sc2ccc([N+](=O)[O-])cc2C=Nc2sc3c(c2C#N)CCCC3)cc1. The van der Waals surface area contributed by atoms with E-state index in [0.717, 1.165) is 41.0 Å². The van der Waals surface area contributed by atoms with Crippen molar-refractivity contribution in [1.29, 1.82) is 5.26 Å². The molecule has 5 nitrogen and oxygen atoms in total. The molecule has 1 aliphatic rings. The van der Waals surface area contributed by atoms with E-state index < -0.39 is 4.92 Å². The van der Waals surface area contributed by atoms with Crippen molar-refractivity contribution in [3.8, 4) is 6.07 Å². The van der Waals surface area contributed by atoms with Gasteiger partial charge in [0.05, 0.1) is 10.5 Å². The molecule has 0 unspecified atom stereocenters. The molecule has 3 aromatic rings. The smallest absolute Gasteiger partial charge is 0.258 e. The number of benzene rings is 2. The molecule has 7 heteroatoms. The maximum atomic E-state index is 11.3. The summed E-state index contributed by atoms with van der Waals surface area (Å²) in [5, 5.41) is 21.6.